The lowest BCUT2D eigenvalue weighted by molar-refractivity contribution is -0.151. The summed E-state index contributed by atoms with van der Waals surface area (Å²) in [4.78, 5) is 20.0. The average Bonchev–Trinajstić information content (AvgIpc) is 2.77. The Hall–Kier alpha value is -2.16. The first-order valence-corrected chi connectivity index (χ1v) is 5.13. The van der Waals surface area contributed by atoms with Crippen molar-refractivity contribution in [3.8, 4) is 0 Å². The third kappa shape index (κ3) is 6.84. The topological polar surface area (TPSA) is 43.4 Å². The first kappa shape index (κ1) is 14.8. The van der Waals surface area contributed by atoms with Crippen LogP contribution in [-0.2, 0) is 14.3 Å². The van der Waals surface area contributed by atoms with Crippen molar-refractivity contribution in [2.75, 3.05) is 0 Å². The van der Waals surface area contributed by atoms with E-state index >= 15 is 0 Å². The van der Waals surface area contributed by atoms with Crippen LogP contribution >= 0.6 is 0 Å². The van der Waals surface area contributed by atoms with Crippen LogP contribution in [0.25, 0.3) is 6.08 Å². The van der Waals surface area contributed by atoms with Gasteiger partial charge in [0, 0.05) is 0 Å². The summed E-state index contributed by atoms with van der Waals surface area (Å²) in [5.74, 6) is -0.796. The molecule has 0 radical (unpaired) electrons. The van der Waals surface area contributed by atoms with Gasteiger partial charge in [-0.05, 0) is 5.56 Å². The van der Waals surface area contributed by atoms with Gasteiger partial charge in [-0.1, -0.05) is 43.0 Å². The van der Waals surface area contributed by atoms with Crippen LogP contribution in [0.1, 0.15) is 18.4 Å². The molecule has 1 saturated heterocycles. The van der Waals surface area contributed by atoms with E-state index in [9.17, 15) is 9.59 Å². The standard InChI is InChI=1S/C8H8.C4H4O3.C2H4/c1-2-8-6-4-3-5-7-8;5-3-1-2-4(6)7-3;1-2/h2-7H,1H2;1-2H2;1-2H2. The number of cyclic esters (lactones) is 2. The van der Waals surface area contributed by atoms with Gasteiger partial charge in [-0.25, -0.2) is 0 Å². The molecule has 1 aromatic rings. The van der Waals surface area contributed by atoms with E-state index in [0.717, 1.165) is 0 Å². The van der Waals surface area contributed by atoms with Crippen LogP contribution in [0.15, 0.2) is 50.1 Å². The van der Waals surface area contributed by atoms with Crippen molar-refractivity contribution in [3.05, 3.63) is 55.6 Å². The van der Waals surface area contributed by atoms with Crippen molar-refractivity contribution in [1.82, 2.24) is 0 Å². The van der Waals surface area contributed by atoms with Crippen molar-refractivity contribution in [1.29, 1.82) is 0 Å². The van der Waals surface area contributed by atoms with Gasteiger partial charge in [0.1, 0.15) is 0 Å². The number of rotatable bonds is 1. The first-order chi connectivity index (χ1) is 8.22. The molecule has 1 fully saturated rings. The third-order valence-electron chi connectivity index (χ3n) is 1.80. The molecule has 3 heteroatoms. The minimum absolute atomic E-state index is 0.263. The fraction of sp³-hybridized carbons (Fsp3) is 0.143. The molecule has 1 aromatic carbocycles. The van der Waals surface area contributed by atoms with Crippen LogP contribution in [0.5, 0.6) is 0 Å². The number of ether oxygens (including phenoxy) is 1. The maximum Gasteiger partial charge on any atom is 0.314 e. The Morgan fingerprint density at radius 3 is 1.71 bits per heavy atom. The summed E-state index contributed by atoms with van der Waals surface area (Å²) in [5.41, 5.74) is 1.17. The fourth-order valence-corrected chi connectivity index (χ4v) is 1.02. The van der Waals surface area contributed by atoms with Gasteiger partial charge in [0.2, 0.25) is 0 Å². The van der Waals surface area contributed by atoms with Gasteiger partial charge in [-0.15, -0.1) is 13.2 Å². The van der Waals surface area contributed by atoms with Crippen LogP contribution in [0.3, 0.4) is 0 Å². The number of hydrogen-bond acceptors (Lipinski definition) is 3. The zero-order chi connectivity index (χ0) is 13.1. The first-order valence-electron chi connectivity index (χ1n) is 5.13. The Morgan fingerprint density at radius 1 is 1.00 bits per heavy atom. The molecule has 17 heavy (non-hydrogen) atoms. The molecule has 0 aromatic heterocycles. The molecule has 0 atom stereocenters. The van der Waals surface area contributed by atoms with E-state index < -0.39 is 11.9 Å². The molecule has 0 amide bonds. The van der Waals surface area contributed by atoms with Crippen LogP contribution in [-0.4, -0.2) is 11.9 Å². The van der Waals surface area contributed by atoms with Crippen LogP contribution in [0.4, 0.5) is 0 Å². The predicted octanol–water partition coefficient (Wildman–Crippen LogP) is 2.98. The van der Waals surface area contributed by atoms with Crippen LogP contribution in [0, 0.1) is 0 Å². The van der Waals surface area contributed by atoms with E-state index in [4.69, 9.17) is 0 Å². The Labute approximate surface area is 101 Å². The van der Waals surface area contributed by atoms with Gasteiger partial charge in [-0.3, -0.25) is 9.59 Å². The molecular weight excluding hydrogens is 216 g/mol. The average molecular weight is 232 g/mol. The Bertz CT molecular complexity index is 354. The van der Waals surface area contributed by atoms with Crippen molar-refractivity contribution < 1.29 is 14.3 Å². The maximum atomic E-state index is 10.0. The minimum Gasteiger partial charge on any atom is -0.393 e. The number of hydrogen-bond donors (Lipinski definition) is 0. The van der Waals surface area contributed by atoms with Gasteiger partial charge in [0.15, 0.2) is 0 Å². The second kappa shape index (κ2) is 9.09. The third-order valence-corrected chi connectivity index (χ3v) is 1.80. The summed E-state index contributed by atoms with van der Waals surface area (Å²) in [6.07, 6.45) is 2.36. The van der Waals surface area contributed by atoms with E-state index in [1.807, 2.05) is 36.4 Å². The molecule has 2 rings (SSSR count). The molecule has 0 saturated carbocycles. The van der Waals surface area contributed by atoms with Gasteiger partial charge in [0.25, 0.3) is 0 Å². The smallest absolute Gasteiger partial charge is 0.314 e. The highest BCUT2D eigenvalue weighted by Gasteiger charge is 2.19. The van der Waals surface area contributed by atoms with Crippen LogP contribution < -0.4 is 0 Å². The molecule has 0 spiro atoms. The highest BCUT2D eigenvalue weighted by Crippen LogP contribution is 2.03. The Kier molecular flexibility index (Phi) is 7.94. The second-order valence-corrected chi connectivity index (χ2v) is 2.96. The maximum absolute atomic E-state index is 10.0. The van der Waals surface area contributed by atoms with Gasteiger partial charge in [-0.2, -0.15) is 0 Å². The minimum atomic E-state index is -0.398. The molecule has 1 heterocycles. The zero-order valence-electron chi connectivity index (χ0n) is 9.72. The van der Waals surface area contributed by atoms with Crippen LogP contribution in [0.2, 0.25) is 0 Å². The summed E-state index contributed by atoms with van der Waals surface area (Å²) in [6, 6.07) is 10.0. The Balaban J connectivity index is 0.000000265. The van der Waals surface area contributed by atoms with Crippen molar-refractivity contribution >= 4 is 18.0 Å². The van der Waals surface area contributed by atoms with Crippen molar-refractivity contribution in [2.24, 2.45) is 0 Å². The summed E-state index contributed by atoms with van der Waals surface area (Å²) < 4.78 is 4.08. The van der Waals surface area contributed by atoms with E-state index in [1.54, 1.807) is 0 Å². The van der Waals surface area contributed by atoms with E-state index in [2.05, 4.69) is 24.5 Å². The molecule has 1 aliphatic heterocycles. The Morgan fingerprint density at radius 2 is 1.47 bits per heavy atom. The number of carbonyl (C=O) groups is 2. The lowest BCUT2D eigenvalue weighted by Crippen LogP contribution is -1.94. The number of benzene rings is 1. The molecule has 0 N–H and O–H groups in total. The highest BCUT2D eigenvalue weighted by molar-refractivity contribution is 5.92. The molecule has 3 nitrogen and oxygen atoms in total. The number of esters is 2. The van der Waals surface area contributed by atoms with Gasteiger partial charge < -0.3 is 4.74 Å². The molecule has 0 aliphatic carbocycles. The highest BCUT2D eigenvalue weighted by atomic mass is 16.6. The monoisotopic (exact) mass is 232 g/mol. The fourth-order valence-electron chi connectivity index (χ4n) is 1.02. The zero-order valence-corrected chi connectivity index (χ0v) is 9.72. The molecule has 90 valence electrons. The summed E-state index contributed by atoms with van der Waals surface area (Å²) in [7, 11) is 0. The summed E-state index contributed by atoms with van der Waals surface area (Å²) in [6.45, 7) is 9.63. The molecule has 0 unspecified atom stereocenters. The lowest BCUT2D eigenvalue weighted by Gasteiger charge is -1.85. The predicted molar refractivity (Wildman–Crippen MR) is 68.1 cm³/mol. The van der Waals surface area contributed by atoms with E-state index in [-0.39, 0.29) is 12.8 Å². The molecular formula is C14H16O3. The molecule has 1 aliphatic rings. The van der Waals surface area contributed by atoms with E-state index in [0.29, 0.717) is 0 Å². The van der Waals surface area contributed by atoms with Crippen molar-refractivity contribution in [3.63, 3.8) is 0 Å². The van der Waals surface area contributed by atoms with Gasteiger partial charge >= 0.3 is 11.9 Å². The second-order valence-electron chi connectivity index (χ2n) is 2.96. The molecule has 0 bridgehead atoms. The van der Waals surface area contributed by atoms with E-state index in [1.165, 1.54) is 5.56 Å². The summed E-state index contributed by atoms with van der Waals surface area (Å²) in [5, 5.41) is 0. The number of carbonyl (C=O) groups excluding carboxylic acids is 2. The summed E-state index contributed by atoms with van der Waals surface area (Å²) >= 11 is 0. The van der Waals surface area contributed by atoms with Gasteiger partial charge in [0.05, 0.1) is 12.8 Å². The normalized spacial score (nSPS) is 12.5. The largest absolute Gasteiger partial charge is 0.393 e. The van der Waals surface area contributed by atoms with Crippen molar-refractivity contribution in [2.45, 2.75) is 12.8 Å². The quantitative estimate of drug-likeness (QED) is 0.424. The SMILES string of the molecule is C=C.C=Cc1ccccc1.O=C1CCC(=O)O1. The lowest BCUT2D eigenvalue weighted by atomic mass is 10.2.